The van der Waals surface area contributed by atoms with Gasteiger partial charge in [-0.25, -0.2) is 4.79 Å². The first-order valence-electron chi connectivity index (χ1n) is 7.22. The van der Waals surface area contributed by atoms with Gasteiger partial charge in [0, 0.05) is 23.7 Å². The van der Waals surface area contributed by atoms with Gasteiger partial charge >= 0.3 is 12.1 Å². The second-order valence-electron chi connectivity index (χ2n) is 5.60. The van der Waals surface area contributed by atoms with Gasteiger partial charge in [0.25, 0.3) is 0 Å². The molecule has 1 aliphatic rings. The van der Waals surface area contributed by atoms with Gasteiger partial charge in [0.15, 0.2) is 0 Å². The molecular weight excluding hydrogens is 365 g/mol. The average molecular weight is 379 g/mol. The lowest BCUT2D eigenvalue weighted by molar-refractivity contribution is -0.160. The molecule has 1 aliphatic heterocycles. The van der Waals surface area contributed by atoms with Crippen molar-refractivity contribution in [1.29, 1.82) is 0 Å². The van der Waals surface area contributed by atoms with E-state index in [0.717, 1.165) is 0 Å². The number of aliphatic carboxylic acids is 1. The van der Waals surface area contributed by atoms with E-state index in [9.17, 15) is 27.6 Å². The lowest BCUT2D eigenvalue weighted by Gasteiger charge is -2.19. The number of hydrogen-bond acceptors (Lipinski definition) is 3. The van der Waals surface area contributed by atoms with E-state index in [-0.39, 0.29) is 18.9 Å². The van der Waals surface area contributed by atoms with Gasteiger partial charge in [0.2, 0.25) is 11.8 Å². The lowest BCUT2D eigenvalue weighted by atomic mass is 10.1. The molecule has 0 saturated carbocycles. The Morgan fingerprint density at radius 3 is 2.44 bits per heavy atom. The summed E-state index contributed by atoms with van der Waals surface area (Å²) in [5.41, 5.74) is 0.495. The summed E-state index contributed by atoms with van der Waals surface area (Å²) in [6.45, 7) is -0.0509. The summed E-state index contributed by atoms with van der Waals surface area (Å²) in [5, 5.41) is 11.1. The topological polar surface area (TPSA) is 86.7 Å². The first kappa shape index (κ1) is 19.0. The van der Waals surface area contributed by atoms with Crippen LogP contribution in [0, 0.1) is 5.92 Å². The zero-order valence-corrected chi connectivity index (χ0v) is 13.5. The van der Waals surface area contributed by atoms with E-state index in [0.29, 0.717) is 10.7 Å². The third kappa shape index (κ3) is 5.09. The minimum Gasteiger partial charge on any atom is -0.480 e. The predicted octanol–water partition coefficient (Wildman–Crippen LogP) is 2.21. The van der Waals surface area contributed by atoms with Crippen molar-refractivity contribution in [3.8, 4) is 0 Å². The number of carbonyl (C=O) groups excluding carboxylic acids is 2. The molecule has 0 aliphatic carbocycles. The highest BCUT2D eigenvalue weighted by molar-refractivity contribution is 6.30. The number of nitrogens with one attached hydrogen (secondary N) is 1. The van der Waals surface area contributed by atoms with Crippen LogP contribution in [-0.4, -0.2) is 41.7 Å². The van der Waals surface area contributed by atoms with Crippen molar-refractivity contribution in [3.63, 3.8) is 0 Å². The van der Waals surface area contributed by atoms with Gasteiger partial charge in [-0.05, 0) is 24.3 Å². The van der Waals surface area contributed by atoms with E-state index in [2.05, 4.69) is 0 Å². The number of hydrogen-bond donors (Lipinski definition) is 2. The number of benzene rings is 1. The third-order valence-electron chi connectivity index (χ3n) is 3.68. The van der Waals surface area contributed by atoms with Crippen LogP contribution < -0.4 is 10.2 Å². The van der Waals surface area contributed by atoms with Crippen molar-refractivity contribution in [2.75, 3.05) is 11.4 Å². The standard InChI is InChI=1S/C15H14ClF3N2O4/c16-9-1-3-10(4-2-9)21-7-8(5-12(21)22)13(23)20-11(14(24)25)6-15(17,18)19/h1-4,8,11H,5-7H2,(H,20,23)(H,24,25). The molecule has 0 bridgehead atoms. The molecule has 2 unspecified atom stereocenters. The molecule has 1 saturated heterocycles. The fraction of sp³-hybridized carbons (Fsp3) is 0.400. The van der Waals surface area contributed by atoms with Crippen LogP contribution in [0.15, 0.2) is 24.3 Å². The van der Waals surface area contributed by atoms with Crippen LogP contribution in [0.4, 0.5) is 18.9 Å². The van der Waals surface area contributed by atoms with E-state index in [1.54, 1.807) is 24.3 Å². The van der Waals surface area contributed by atoms with E-state index < -0.39 is 36.4 Å². The molecule has 25 heavy (non-hydrogen) atoms. The Kier molecular flexibility index (Phi) is 5.56. The van der Waals surface area contributed by atoms with Gasteiger partial charge in [-0.3, -0.25) is 9.59 Å². The molecule has 0 spiro atoms. The summed E-state index contributed by atoms with van der Waals surface area (Å²) >= 11 is 5.76. The Morgan fingerprint density at radius 1 is 1.32 bits per heavy atom. The monoisotopic (exact) mass is 378 g/mol. The highest BCUT2D eigenvalue weighted by atomic mass is 35.5. The van der Waals surface area contributed by atoms with Gasteiger partial charge in [0.1, 0.15) is 6.04 Å². The van der Waals surface area contributed by atoms with Gasteiger partial charge < -0.3 is 15.3 Å². The minimum absolute atomic E-state index is 0.0509. The molecule has 10 heteroatoms. The number of anilines is 1. The van der Waals surface area contributed by atoms with E-state index in [1.807, 2.05) is 5.32 Å². The number of amides is 2. The number of halogens is 4. The third-order valence-corrected chi connectivity index (χ3v) is 3.94. The van der Waals surface area contributed by atoms with Crippen molar-refractivity contribution in [1.82, 2.24) is 5.32 Å². The number of alkyl halides is 3. The smallest absolute Gasteiger partial charge is 0.391 e. The van der Waals surface area contributed by atoms with Crippen LogP contribution in [0.5, 0.6) is 0 Å². The highest BCUT2D eigenvalue weighted by Gasteiger charge is 2.40. The first-order chi connectivity index (χ1) is 11.6. The maximum Gasteiger partial charge on any atom is 0.391 e. The fourth-order valence-corrected chi connectivity index (χ4v) is 2.60. The molecule has 2 rings (SSSR count). The molecule has 136 valence electrons. The number of carboxylic acid groups (broad SMARTS) is 1. The van der Waals surface area contributed by atoms with Crippen LogP contribution in [0.1, 0.15) is 12.8 Å². The van der Waals surface area contributed by atoms with Crippen molar-refractivity contribution in [2.45, 2.75) is 25.1 Å². The quantitative estimate of drug-likeness (QED) is 0.822. The molecule has 1 aromatic rings. The first-order valence-corrected chi connectivity index (χ1v) is 7.60. The van der Waals surface area contributed by atoms with Gasteiger partial charge in [0.05, 0.1) is 12.3 Å². The lowest BCUT2D eigenvalue weighted by Crippen LogP contribution is -2.46. The Hall–Kier alpha value is -2.29. The fourth-order valence-electron chi connectivity index (χ4n) is 2.47. The Bertz CT molecular complexity index is 678. The van der Waals surface area contributed by atoms with Crippen molar-refractivity contribution < 1.29 is 32.7 Å². The zero-order valence-electron chi connectivity index (χ0n) is 12.7. The molecule has 1 aromatic carbocycles. The largest absolute Gasteiger partial charge is 0.480 e. The molecule has 2 amide bonds. The number of carboxylic acids is 1. The normalized spacial score (nSPS) is 19.0. The van der Waals surface area contributed by atoms with Crippen molar-refractivity contribution in [3.05, 3.63) is 29.3 Å². The van der Waals surface area contributed by atoms with Crippen LogP contribution in [0.3, 0.4) is 0 Å². The van der Waals surface area contributed by atoms with Crippen molar-refractivity contribution >= 4 is 35.1 Å². The highest BCUT2D eigenvalue weighted by Crippen LogP contribution is 2.27. The average Bonchev–Trinajstić information content (AvgIpc) is 2.88. The number of carbonyl (C=O) groups is 3. The molecule has 1 heterocycles. The molecule has 0 aromatic heterocycles. The second kappa shape index (κ2) is 7.30. The molecule has 2 N–H and O–H groups in total. The Labute approximate surface area is 145 Å². The van der Waals surface area contributed by atoms with E-state index in [1.165, 1.54) is 4.90 Å². The summed E-state index contributed by atoms with van der Waals surface area (Å²) in [6, 6.07) is 4.17. The molecule has 2 atom stereocenters. The van der Waals surface area contributed by atoms with E-state index in [4.69, 9.17) is 16.7 Å². The van der Waals surface area contributed by atoms with Crippen LogP contribution in [-0.2, 0) is 14.4 Å². The maximum atomic E-state index is 12.4. The van der Waals surface area contributed by atoms with Gasteiger partial charge in [-0.2, -0.15) is 13.2 Å². The summed E-state index contributed by atoms with van der Waals surface area (Å²) in [6.07, 6.45) is -6.64. The van der Waals surface area contributed by atoms with Gasteiger partial charge in [-0.15, -0.1) is 0 Å². The number of rotatable bonds is 5. The predicted molar refractivity (Wildman–Crippen MR) is 82.2 cm³/mol. The van der Waals surface area contributed by atoms with Crippen LogP contribution >= 0.6 is 11.6 Å². The summed E-state index contributed by atoms with van der Waals surface area (Å²) < 4.78 is 37.2. The van der Waals surface area contributed by atoms with Gasteiger partial charge in [-0.1, -0.05) is 11.6 Å². The van der Waals surface area contributed by atoms with E-state index >= 15 is 0 Å². The SMILES string of the molecule is O=C(NC(CC(F)(F)F)C(=O)O)C1CC(=O)N(c2ccc(Cl)cc2)C1. The zero-order chi connectivity index (χ0) is 18.8. The summed E-state index contributed by atoms with van der Waals surface area (Å²) in [7, 11) is 0. The molecule has 6 nitrogen and oxygen atoms in total. The minimum atomic E-state index is -4.74. The Balaban J connectivity index is 2.04. The van der Waals surface area contributed by atoms with Crippen LogP contribution in [0.25, 0.3) is 0 Å². The van der Waals surface area contributed by atoms with Crippen molar-refractivity contribution in [2.24, 2.45) is 5.92 Å². The summed E-state index contributed by atoms with van der Waals surface area (Å²) in [5.74, 6) is -4.01. The molecular formula is C15H14ClF3N2O4. The maximum absolute atomic E-state index is 12.4. The second-order valence-corrected chi connectivity index (χ2v) is 6.04. The Morgan fingerprint density at radius 2 is 1.92 bits per heavy atom. The molecule has 1 fully saturated rings. The van der Waals surface area contributed by atoms with Crippen LogP contribution in [0.2, 0.25) is 5.02 Å². The molecule has 0 radical (unpaired) electrons. The number of nitrogens with zero attached hydrogens (tertiary/aromatic N) is 1. The summed E-state index contributed by atoms with van der Waals surface area (Å²) in [4.78, 5) is 36.3.